The molecule has 1 amide bonds. The lowest BCUT2D eigenvalue weighted by Crippen LogP contribution is -2.13. The van der Waals surface area contributed by atoms with Gasteiger partial charge in [0, 0.05) is 18.2 Å². The number of amides is 1. The van der Waals surface area contributed by atoms with Crippen molar-refractivity contribution < 1.29 is 14.0 Å². The molecule has 0 aliphatic rings. The molecule has 0 saturated carbocycles. The van der Waals surface area contributed by atoms with Gasteiger partial charge in [-0.25, -0.2) is 0 Å². The van der Waals surface area contributed by atoms with Crippen LogP contribution in [0.25, 0.3) is 11.0 Å². The van der Waals surface area contributed by atoms with Gasteiger partial charge in [0.05, 0.1) is 5.69 Å². The summed E-state index contributed by atoms with van der Waals surface area (Å²) in [6, 6.07) is 11.5. The number of aryl methyl sites for hydroxylation is 3. The molecule has 26 heavy (non-hydrogen) atoms. The Balaban J connectivity index is 2.03. The summed E-state index contributed by atoms with van der Waals surface area (Å²) >= 11 is 0. The van der Waals surface area contributed by atoms with Crippen LogP contribution in [0.3, 0.4) is 0 Å². The van der Waals surface area contributed by atoms with Crippen LogP contribution < -0.4 is 5.32 Å². The second kappa shape index (κ2) is 7.16. The Labute approximate surface area is 153 Å². The zero-order valence-corrected chi connectivity index (χ0v) is 15.6. The maximum absolute atomic E-state index is 13.0. The summed E-state index contributed by atoms with van der Waals surface area (Å²) in [5, 5.41) is 3.58. The fourth-order valence-corrected chi connectivity index (χ4v) is 3.32. The van der Waals surface area contributed by atoms with Crippen molar-refractivity contribution in [3.63, 3.8) is 0 Å². The van der Waals surface area contributed by atoms with E-state index in [1.54, 1.807) is 13.0 Å². The number of carbonyl (C=O) groups is 2. The van der Waals surface area contributed by atoms with Crippen LogP contribution in [0.1, 0.15) is 46.2 Å². The van der Waals surface area contributed by atoms with Crippen LogP contribution in [0.15, 0.2) is 40.8 Å². The second-order valence-electron chi connectivity index (χ2n) is 6.68. The van der Waals surface area contributed by atoms with Gasteiger partial charge in [-0.1, -0.05) is 36.8 Å². The number of Topliss-reactive ketones (excluding diaryl/α,β-unsaturated/α-hetero) is 1. The molecule has 0 fully saturated rings. The van der Waals surface area contributed by atoms with Crippen molar-refractivity contribution in [2.45, 2.75) is 40.5 Å². The van der Waals surface area contributed by atoms with E-state index in [4.69, 9.17) is 4.42 Å². The molecular formula is C22H23NO3. The Morgan fingerprint density at radius 3 is 2.35 bits per heavy atom. The highest BCUT2D eigenvalue weighted by Crippen LogP contribution is 2.32. The normalized spacial score (nSPS) is 10.9. The maximum atomic E-state index is 13.0. The average molecular weight is 349 g/mol. The largest absolute Gasteiger partial charge is 0.451 e. The molecule has 2 aromatic carbocycles. The molecule has 0 saturated heterocycles. The highest BCUT2D eigenvalue weighted by atomic mass is 16.3. The van der Waals surface area contributed by atoms with Crippen molar-refractivity contribution >= 4 is 28.3 Å². The minimum absolute atomic E-state index is 0.136. The lowest BCUT2D eigenvalue weighted by molar-refractivity contribution is -0.115. The number of hydrogen-bond acceptors (Lipinski definition) is 3. The molecule has 1 aromatic heterocycles. The van der Waals surface area contributed by atoms with E-state index in [0.717, 1.165) is 22.1 Å². The number of fused-ring (bicyclic) bond motifs is 1. The van der Waals surface area contributed by atoms with Crippen LogP contribution in [0, 0.1) is 20.8 Å². The Kier molecular flexibility index (Phi) is 4.94. The number of rotatable bonds is 5. The summed E-state index contributed by atoms with van der Waals surface area (Å²) in [5.74, 6) is -0.0664. The third-order valence-corrected chi connectivity index (χ3v) is 4.61. The molecule has 0 spiro atoms. The second-order valence-corrected chi connectivity index (χ2v) is 6.68. The van der Waals surface area contributed by atoms with E-state index in [-0.39, 0.29) is 23.9 Å². The van der Waals surface area contributed by atoms with Gasteiger partial charge < -0.3 is 9.73 Å². The van der Waals surface area contributed by atoms with Gasteiger partial charge in [0.15, 0.2) is 5.76 Å². The summed E-state index contributed by atoms with van der Waals surface area (Å²) in [6.45, 7) is 7.85. The smallest absolute Gasteiger partial charge is 0.224 e. The average Bonchev–Trinajstić information content (AvgIpc) is 2.96. The van der Waals surface area contributed by atoms with Gasteiger partial charge in [-0.05, 0) is 49.6 Å². The topological polar surface area (TPSA) is 59.3 Å². The van der Waals surface area contributed by atoms with E-state index in [9.17, 15) is 9.59 Å². The molecule has 4 nitrogen and oxygen atoms in total. The number of carbonyl (C=O) groups excluding carboxylic acids is 2. The van der Waals surface area contributed by atoms with Crippen LogP contribution in [-0.4, -0.2) is 11.7 Å². The van der Waals surface area contributed by atoms with Crippen molar-refractivity contribution in [1.82, 2.24) is 0 Å². The molecule has 3 rings (SSSR count). The number of hydrogen-bond donors (Lipinski definition) is 1. The zero-order valence-electron chi connectivity index (χ0n) is 15.6. The monoisotopic (exact) mass is 349 g/mol. The van der Waals surface area contributed by atoms with Crippen molar-refractivity contribution in [2.75, 3.05) is 5.32 Å². The molecule has 0 aliphatic heterocycles. The molecule has 0 aliphatic carbocycles. The van der Waals surface area contributed by atoms with E-state index in [2.05, 4.69) is 17.4 Å². The minimum Gasteiger partial charge on any atom is -0.451 e. The number of furan rings is 1. The first-order chi connectivity index (χ1) is 12.4. The quantitative estimate of drug-likeness (QED) is 0.649. The van der Waals surface area contributed by atoms with Crippen LogP contribution in [0.2, 0.25) is 0 Å². The summed E-state index contributed by atoms with van der Waals surface area (Å²) in [6.07, 6.45) is 0.579. The van der Waals surface area contributed by atoms with Crippen LogP contribution in [0.5, 0.6) is 0 Å². The summed E-state index contributed by atoms with van der Waals surface area (Å²) in [5.41, 5.74) is 5.43. The fraction of sp³-hybridized carbons (Fsp3) is 0.273. The number of ketones is 1. The minimum atomic E-state index is -0.145. The Morgan fingerprint density at radius 2 is 1.69 bits per heavy atom. The number of anilines is 1. The van der Waals surface area contributed by atoms with Crippen molar-refractivity contribution in [3.05, 3.63) is 64.4 Å². The molecule has 0 atom stereocenters. The number of para-hydroxylation sites is 1. The molecule has 0 bridgehead atoms. The van der Waals surface area contributed by atoms with E-state index >= 15 is 0 Å². The van der Waals surface area contributed by atoms with Crippen molar-refractivity contribution in [2.24, 2.45) is 0 Å². The summed E-state index contributed by atoms with van der Waals surface area (Å²) in [4.78, 5) is 25.0. The molecule has 4 heteroatoms. The zero-order chi connectivity index (χ0) is 18.8. The highest BCUT2D eigenvalue weighted by Gasteiger charge is 2.23. The standard InChI is InChI=1S/C22H23NO3/c1-5-20(25)23-21-16-8-6-7-9-19(16)26-22(21)18(24)12-17-14(3)10-13(2)11-15(17)4/h6-11H,5,12H2,1-4H3,(H,23,25). The van der Waals surface area contributed by atoms with Gasteiger partial charge in [-0.15, -0.1) is 0 Å². The lowest BCUT2D eigenvalue weighted by atomic mass is 9.95. The van der Waals surface area contributed by atoms with Gasteiger partial charge in [0.2, 0.25) is 11.7 Å². The first kappa shape index (κ1) is 17.9. The fourth-order valence-electron chi connectivity index (χ4n) is 3.32. The van der Waals surface area contributed by atoms with E-state index < -0.39 is 0 Å². The molecule has 134 valence electrons. The van der Waals surface area contributed by atoms with Crippen LogP contribution >= 0.6 is 0 Å². The van der Waals surface area contributed by atoms with Gasteiger partial charge in [0.25, 0.3) is 0 Å². The van der Waals surface area contributed by atoms with E-state index in [1.807, 2.05) is 39.0 Å². The van der Waals surface area contributed by atoms with Gasteiger partial charge >= 0.3 is 0 Å². The first-order valence-corrected chi connectivity index (χ1v) is 8.82. The molecule has 3 aromatic rings. The lowest BCUT2D eigenvalue weighted by Gasteiger charge is -2.11. The van der Waals surface area contributed by atoms with E-state index in [0.29, 0.717) is 17.7 Å². The molecule has 1 N–H and O–H groups in total. The Hall–Kier alpha value is -2.88. The molecular weight excluding hydrogens is 326 g/mol. The predicted octanol–water partition coefficient (Wildman–Crippen LogP) is 5.13. The first-order valence-electron chi connectivity index (χ1n) is 8.82. The van der Waals surface area contributed by atoms with Crippen LogP contribution in [-0.2, 0) is 11.2 Å². The van der Waals surface area contributed by atoms with Gasteiger partial charge in [0.1, 0.15) is 5.58 Å². The third-order valence-electron chi connectivity index (χ3n) is 4.61. The van der Waals surface area contributed by atoms with Gasteiger partial charge in [-0.3, -0.25) is 9.59 Å². The van der Waals surface area contributed by atoms with Gasteiger partial charge in [-0.2, -0.15) is 0 Å². The van der Waals surface area contributed by atoms with Crippen LogP contribution in [0.4, 0.5) is 5.69 Å². The Morgan fingerprint density at radius 1 is 1.04 bits per heavy atom. The number of benzene rings is 2. The van der Waals surface area contributed by atoms with E-state index in [1.165, 1.54) is 5.56 Å². The highest BCUT2D eigenvalue weighted by molar-refractivity contribution is 6.11. The summed E-state index contributed by atoms with van der Waals surface area (Å²) in [7, 11) is 0. The maximum Gasteiger partial charge on any atom is 0.224 e. The SMILES string of the molecule is CCC(=O)Nc1c(C(=O)Cc2c(C)cc(C)cc2C)oc2ccccc12. The third kappa shape index (κ3) is 3.40. The van der Waals surface area contributed by atoms with Crippen molar-refractivity contribution in [3.8, 4) is 0 Å². The number of nitrogens with one attached hydrogen (secondary N) is 1. The van der Waals surface area contributed by atoms with Crippen molar-refractivity contribution in [1.29, 1.82) is 0 Å². The summed E-state index contributed by atoms with van der Waals surface area (Å²) < 4.78 is 5.82. The predicted molar refractivity (Wildman–Crippen MR) is 104 cm³/mol. The Bertz CT molecular complexity index is 975. The molecule has 0 radical (unpaired) electrons. The molecule has 0 unspecified atom stereocenters. The molecule has 1 heterocycles.